The van der Waals surface area contributed by atoms with E-state index in [0.717, 1.165) is 28.3 Å². The van der Waals surface area contributed by atoms with Crippen molar-refractivity contribution in [2.75, 3.05) is 4.90 Å². The Morgan fingerprint density at radius 2 is 0.783 bits per heavy atom. The van der Waals surface area contributed by atoms with E-state index in [1.165, 1.54) is 71.6 Å². The van der Waals surface area contributed by atoms with Crippen molar-refractivity contribution in [2.24, 2.45) is 0 Å². The molecule has 0 aliphatic heterocycles. The Balaban J connectivity index is 1.14. The lowest BCUT2D eigenvalue weighted by molar-refractivity contribution is 1.18. The van der Waals surface area contributed by atoms with Gasteiger partial charge in [-0.1, -0.05) is 188 Å². The molecule has 10 aromatic carbocycles. The number of benzene rings is 10. The van der Waals surface area contributed by atoms with E-state index in [0.29, 0.717) is 0 Å². The largest absolute Gasteiger partial charge is 0.310 e. The number of rotatable bonds is 8. The van der Waals surface area contributed by atoms with Gasteiger partial charge in [-0.2, -0.15) is 0 Å². The van der Waals surface area contributed by atoms with Crippen LogP contribution < -0.4 is 4.90 Å². The van der Waals surface area contributed by atoms with E-state index >= 15 is 0 Å². The van der Waals surface area contributed by atoms with Gasteiger partial charge in [0.2, 0.25) is 0 Å². The molecule has 0 spiro atoms. The molecular formula is C58H40N2. The van der Waals surface area contributed by atoms with Crippen LogP contribution in [-0.4, -0.2) is 4.57 Å². The van der Waals surface area contributed by atoms with Gasteiger partial charge in [-0.3, -0.25) is 0 Å². The highest BCUT2D eigenvalue weighted by molar-refractivity contribution is 6.11. The summed E-state index contributed by atoms with van der Waals surface area (Å²) < 4.78 is 2.49. The maximum Gasteiger partial charge on any atom is 0.0562 e. The molecule has 0 saturated carbocycles. The van der Waals surface area contributed by atoms with Gasteiger partial charge in [0.25, 0.3) is 0 Å². The van der Waals surface area contributed by atoms with Gasteiger partial charge in [0.1, 0.15) is 0 Å². The van der Waals surface area contributed by atoms with Crippen LogP contribution in [0.5, 0.6) is 0 Å². The fourth-order valence-corrected chi connectivity index (χ4v) is 8.90. The molecule has 0 N–H and O–H groups in total. The van der Waals surface area contributed by atoms with E-state index < -0.39 is 0 Å². The molecular weight excluding hydrogens is 725 g/mol. The Morgan fingerprint density at radius 1 is 0.283 bits per heavy atom. The van der Waals surface area contributed by atoms with Gasteiger partial charge in [-0.25, -0.2) is 0 Å². The summed E-state index contributed by atoms with van der Waals surface area (Å²) in [7, 11) is 0. The quantitative estimate of drug-likeness (QED) is 0.150. The van der Waals surface area contributed by atoms with Crippen molar-refractivity contribution in [1.82, 2.24) is 4.57 Å². The molecule has 2 heteroatoms. The highest BCUT2D eigenvalue weighted by Crippen LogP contribution is 2.44. The van der Waals surface area contributed by atoms with Crippen molar-refractivity contribution < 1.29 is 0 Å². The molecule has 0 fully saturated rings. The summed E-state index contributed by atoms with van der Waals surface area (Å²) in [6, 6.07) is 88.0. The summed E-state index contributed by atoms with van der Waals surface area (Å²) in [5, 5.41) is 4.89. The van der Waals surface area contributed by atoms with Gasteiger partial charge < -0.3 is 9.47 Å². The van der Waals surface area contributed by atoms with Crippen LogP contribution in [0.2, 0.25) is 0 Å². The summed E-state index contributed by atoms with van der Waals surface area (Å²) >= 11 is 0. The SMILES string of the molecule is c1ccc(-c2ccc(N(c3ccc(-c4ccccc4)cc3)c3ccc4c5ccccc5n(-c5cccc(-c6ccccc6)c5-c5ccc6ccccc6c5)c4c3)cc2)cc1. The fourth-order valence-electron chi connectivity index (χ4n) is 8.90. The topological polar surface area (TPSA) is 8.17 Å². The van der Waals surface area contributed by atoms with Gasteiger partial charge in [-0.05, 0) is 104 Å². The van der Waals surface area contributed by atoms with Crippen LogP contribution in [-0.2, 0) is 0 Å². The molecule has 0 radical (unpaired) electrons. The molecule has 2 nitrogen and oxygen atoms in total. The van der Waals surface area contributed by atoms with Crippen LogP contribution in [0.25, 0.3) is 82.8 Å². The Bertz CT molecular complexity index is 3190. The third kappa shape index (κ3) is 6.32. The Hall–Kier alpha value is -7.94. The molecule has 282 valence electrons. The first kappa shape index (κ1) is 35.2. The number of para-hydroxylation sites is 1. The van der Waals surface area contributed by atoms with Crippen molar-refractivity contribution in [3.8, 4) is 50.2 Å². The van der Waals surface area contributed by atoms with Crippen LogP contribution in [0.3, 0.4) is 0 Å². The van der Waals surface area contributed by atoms with Crippen LogP contribution >= 0.6 is 0 Å². The van der Waals surface area contributed by atoms with Crippen molar-refractivity contribution in [3.05, 3.63) is 243 Å². The maximum atomic E-state index is 2.49. The molecule has 11 rings (SSSR count). The van der Waals surface area contributed by atoms with Gasteiger partial charge in [0, 0.05) is 33.4 Å². The fraction of sp³-hybridized carbons (Fsp3) is 0. The number of nitrogens with zero attached hydrogens (tertiary/aromatic N) is 2. The highest BCUT2D eigenvalue weighted by atomic mass is 15.1. The molecule has 11 aromatic rings. The predicted octanol–water partition coefficient (Wildman–Crippen LogP) is 16.1. The normalized spacial score (nSPS) is 11.3. The maximum absolute atomic E-state index is 2.49. The molecule has 60 heavy (non-hydrogen) atoms. The van der Waals surface area contributed by atoms with Crippen molar-refractivity contribution in [3.63, 3.8) is 0 Å². The smallest absolute Gasteiger partial charge is 0.0562 e. The van der Waals surface area contributed by atoms with Crippen LogP contribution in [0.15, 0.2) is 243 Å². The van der Waals surface area contributed by atoms with Crippen LogP contribution in [0.4, 0.5) is 17.1 Å². The minimum absolute atomic E-state index is 1.08. The molecule has 0 atom stereocenters. The van der Waals surface area contributed by atoms with Crippen molar-refractivity contribution in [2.45, 2.75) is 0 Å². The van der Waals surface area contributed by atoms with Crippen molar-refractivity contribution >= 4 is 49.6 Å². The lowest BCUT2D eigenvalue weighted by Gasteiger charge is -2.26. The molecule has 0 saturated heterocycles. The summed E-state index contributed by atoms with van der Waals surface area (Å²) in [4.78, 5) is 2.38. The summed E-state index contributed by atoms with van der Waals surface area (Å²) in [6.07, 6.45) is 0. The Kier molecular flexibility index (Phi) is 8.87. The number of anilines is 3. The van der Waals surface area contributed by atoms with Crippen LogP contribution in [0.1, 0.15) is 0 Å². The van der Waals surface area contributed by atoms with E-state index in [1.807, 2.05) is 0 Å². The van der Waals surface area contributed by atoms with Crippen LogP contribution in [0, 0.1) is 0 Å². The lowest BCUT2D eigenvalue weighted by atomic mass is 9.91. The first-order chi connectivity index (χ1) is 29.8. The van der Waals surface area contributed by atoms with E-state index in [-0.39, 0.29) is 0 Å². The number of hydrogen-bond donors (Lipinski definition) is 0. The Labute approximate surface area is 350 Å². The van der Waals surface area contributed by atoms with Crippen molar-refractivity contribution in [1.29, 1.82) is 0 Å². The second kappa shape index (κ2) is 15.1. The average Bonchev–Trinajstić information content (AvgIpc) is 3.66. The van der Waals surface area contributed by atoms with E-state index in [4.69, 9.17) is 0 Å². The minimum Gasteiger partial charge on any atom is -0.310 e. The first-order valence-electron chi connectivity index (χ1n) is 20.6. The van der Waals surface area contributed by atoms with Gasteiger partial charge in [0.05, 0.1) is 16.7 Å². The monoisotopic (exact) mass is 764 g/mol. The zero-order valence-electron chi connectivity index (χ0n) is 33.0. The third-order valence-corrected chi connectivity index (χ3v) is 11.8. The molecule has 0 amide bonds. The highest BCUT2D eigenvalue weighted by Gasteiger charge is 2.21. The second-order valence-corrected chi connectivity index (χ2v) is 15.3. The standard InChI is InChI=1S/C58H40N2/c1-4-15-41(16-5-1)44-29-33-49(34-30-44)59(50-35-31-45(32-36-50)42-17-6-2-7-18-42)51-37-38-54-53-23-12-13-25-55(53)60(57(54)40-51)56-26-14-24-52(46-20-8-3-9-21-46)58(56)48-28-27-43-19-10-11-22-47(43)39-48/h1-40H. The minimum atomic E-state index is 1.08. The van der Waals surface area contributed by atoms with Gasteiger partial charge >= 0.3 is 0 Å². The van der Waals surface area contributed by atoms with E-state index in [2.05, 4.69) is 252 Å². The molecule has 0 aliphatic rings. The van der Waals surface area contributed by atoms with Gasteiger partial charge in [-0.15, -0.1) is 0 Å². The first-order valence-corrected chi connectivity index (χ1v) is 20.6. The molecule has 1 aromatic heterocycles. The average molecular weight is 765 g/mol. The molecule has 1 heterocycles. The summed E-state index contributed by atoms with van der Waals surface area (Å²) in [5.74, 6) is 0. The van der Waals surface area contributed by atoms with E-state index in [9.17, 15) is 0 Å². The Morgan fingerprint density at radius 3 is 1.43 bits per heavy atom. The zero-order valence-corrected chi connectivity index (χ0v) is 33.0. The second-order valence-electron chi connectivity index (χ2n) is 15.3. The lowest BCUT2D eigenvalue weighted by Crippen LogP contribution is -2.10. The number of aromatic nitrogens is 1. The number of hydrogen-bond acceptors (Lipinski definition) is 1. The zero-order chi connectivity index (χ0) is 39.8. The van der Waals surface area contributed by atoms with Gasteiger partial charge in [0.15, 0.2) is 0 Å². The van der Waals surface area contributed by atoms with E-state index in [1.54, 1.807) is 0 Å². The summed E-state index contributed by atoms with van der Waals surface area (Å²) in [5.41, 5.74) is 16.3. The summed E-state index contributed by atoms with van der Waals surface area (Å²) in [6.45, 7) is 0. The predicted molar refractivity (Wildman–Crippen MR) is 255 cm³/mol. The molecule has 0 unspecified atom stereocenters. The molecule has 0 bridgehead atoms. The molecule has 0 aliphatic carbocycles. The number of fused-ring (bicyclic) bond motifs is 4. The third-order valence-electron chi connectivity index (χ3n) is 11.8.